The maximum absolute atomic E-state index is 12.8. The topological polar surface area (TPSA) is 20.2 Å². The van der Waals surface area contributed by atoms with E-state index in [4.69, 9.17) is 0 Å². The summed E-state index contributed by atoms with van der Waals surface area (Å²) in [5.74, 6) is 0. The van der Waals surface area contributed by atoms with Crippen LogP contribution in [-0.4, -0.2) is 11.3 Å². The highest BCUT2D eigenvalue weighted by molar-refractivity contribution is 5.39. The van der Waals surface area contributed by atoms with Crippen LogP contribution in [0, 0.1) is 0 Å². The third-order valence-corrected chi connectivity index (χ3v) is 3.08. The molecule has 0 heterocycles. The molecular weight excluding hydrogens is 229 g/mol. The number of aryl methyl sites for hydroxylation is 1. The molecule has 96 valence electrons. The molecule has 1 nitrogen and oxygen atoms in total. The van der Waals surface area contributed by atoms with Crippen molar-refractivity contribution in [3.05, 3.63) is 34.9 Å². The van der Waals surface area contributed by atoms with Crippen LogP contribution in [0.25, 0.3) is 0 Å². The van der Waals surface area contributed by atoms with E-state index < -0.39 is 11.8 Å². The number of hydrogen-bond donors (Lipinski definition) is 1. The highest BCUT2D eigenvalue weighted by atomic mass is 19.4. The van der Waals surface area contributed by atoms with Crippen LogP contribution in [-0.2, 0) is 18.4 Å². The molecule has 0 aliphatic carbocycles. The molecule has 0 amide bonds. The van der Waals surface area contributed by atoms with Crippen molar-refractivity contribution in [2.45, 2.75) is 45.4 Å². The molecule has 4 heteroatoms. The van der Waals surface area contributed by atoms with E-state index in [0.717, 1.165) is 12.5 Å². The van der Waals surface area contributed by atoms with Crippen molar-refractivity contribution in [1.29, 1.82) is 0 Å². The first-order valence-corrected chi connectivity index (χ1v) is 5.66. The molecule has 1 N–H and O–H groups in total. The molecule has 0 aliphatic rings. The van der Waals surface area contributed by atoms with Crippen LogP contribution in [0.1, 0.15) is 37.5 Å². The Hall–Kier alpha value is -1.03. The largest absolute Gasteiger partial charge is 0.421 e. The molecule has 1 unspecified atom stereocenters. The summed E-state index contributed by atoms with van der Waals surface area (Å²) >= 11 is 0. The summed E-state index contributed by atoms with van der Waals surface area (Å²) in [6, 6.07) is 4.72. The zero-order valence-corrected chi connectivity index (χ0v) is 10.2. The predicted molar refractivity (Wildman–Crippen MR) is 60.8 cm³/mol. The Morgan fingerprint density at radius 3 is 2.12 bits per heavy atom. The van der Waals surface area contributed by atoms with E-state index in [1.807, 2.05) is 6.92 Å². The number of aliphatic hydroxyl groups is 1. The molecule has 1 rings (SSSR count). The number of alkyl halides is 3. The molecule has 0 radical (unpaired) electrons. The van der Waals surface area contributed by atoms with Gasteiger partial charge < -0.3 is 5.11 Å². The molecule has 0 bridgehead atoms. The summed E-state index contributed by atoms with van der Waals surface area (Å²) in [5.41, 5.74) is -1.37. The van der Waals surface area contributed by atoms with Gasteiger partial charge in [0.05, 0.1) is 0 Å². The van der Waals surface area contributed by atoms with Gasteiger partial charge >= 0.3 is 6.18 Å². The van der Waals surface area contributed by atoms with E-state index in [1.165, 1.54) is 6.07 Å². The van der Waals surface area contributed by atoms with Crippen molar-refractivity contribution in [3.8, 4) is 0 Å². The van der Waals surface area contributed by atoms with E-state index in [9.17, 15) is 18.3 Å². The fourth-order valence-electron chi connectivity index (χ4n) is 1.99. The van der Waals surface area contributed by atoms with Crippen LogP contribution >= 0.6 is 0 Å². The maximum Gasteiger partial charge on any atom is 0.421 e. The monoisotopic (exact) mass is 246 g/mol. The van der Waals surface area contributed by atoms with Gasteiger partial charge in [0.2, 0.25) is 0 Å². The van der Waals surface area contributed by atoms with Gasteiger partial charge in [0.15, 0.2) is 5.60 Å². The average Bonchev–Trinajstić information content (AvgIpc) is 2.26. The first-order chi connectivity index (χ1) is 7.75. The Morgan fingerprint density at radius 1 is 1.12 bits per heavy atom. The first kappa shape index (κ1) is 14.0. The van der Waals surface area contributed by atoms with E-state index in [-0.39, 0.29) is 5.56 Å². The lowest BCUT2D eigenvalue weighted by Crippen LogP contribution is -2.40. The van der Waals surface area contributed by atoms with Crippen LogP contribution in [0.15, 0.2) is 18.2 Å². The van der Waals surface area contributed by atoms with Crippen molar-refractivity contribution in [3.63, 3.8) is 0 Å². The molecule has 0 saturated carbocycles. The molecule has 1 atom stereocenters. The summed E-state index contributed by atoms with van der Waals surface area (Å²) in [4.78, 5) is 0. The van der Waals surface area contributed by atoms with Crippen LogP contribution in [0.5, 0.6) is 0 Å². The minimum atomic E-state index is -4.66. The van der Waals surface area contributed by atoms with E-state index in [1.54, 1.807) is 19.1 Å². The van der Waals surface area contributed by atoms with Crippen molar-refractivity contribution < 1.29 is 18.3 Å². The molecule has 0 aliphatic heterocycles. The molecule has 0 spiro atoms. The molecule has 0 saturated heterocycles. The molecule has 1 aromatic rings. The Balaban J connectivity index is 3.41. The Morgan fingerprint density at radius 2 is 1.71 bits per heavy atom. The minimum Gasteiger partial charge on any atom is -0.376 e. The smallest absolute Gasteiger partial charge is 0.376 e. The molecule has 1 aromatic carbocycles. The lowest BCUT2D eigenvalue weighted by Gasteiger charge is -2.29. The van der Waals surface area contributed by atoms with Crippen LogP contribution in [0.2, 0.25) is 0 Å². The standard InChI is InChI=1S/C13H17F3O/c1-4-9-7-6-8-11(10(9)5-2)12(3,17)13(14,15)16/h6-8,17H,4-5H2,1-3H3. The van der Waals surface area contributed by atoms with Gasteiger partial charge in [-0.15, -0.1) is 0 Å². The van der Waals surface area contributed by atoms with Crippen molar-refractivity contribution in [2.75, 3.05) is 0 Å². The quantitative estimate of drug-likeness (QED) is 0.864. The third kappa shape index (κ3) is 2.46. The second kappa shape index (κ2) is 4.69. The van der Waals surface area contributed by atoms with Crippen LogP contribution in [0.4, 0.5) is 13.2 Å². The molecule has 0 fully saturated rings. The predicted octanol–water partition coefficient (Wildman–Crippen LogP) is 3.58. The average molecular weight is 246 g/mol. The van der Waals surface area contributed by atoms with E-state index in [2.05, 4.69) is 0 Å². The van der Waals surface area contributed by atoms with Crippen LogP contribution < -0.4 is 0 Å². The maximum atomic E-state index is 12.8. The second-order valence-electron chi connectivity index (χ2n) is 4.22. The van der Waals surface area contributed by atoms with Gasteiger partial charge in [0.25, 0.3) is 0 Å². The Bertz CT molecular complexity index is 394. The highest BCUT2D eigenvalue weighted by Gasteiger charge is 2.51. The minimum absolute atomic E-state index is 0.0353. The van der Waals surface area contributed by atoms with Gasteiger partial charge in [-0.25, -0.2) is 0 Å². The Labute approximate surface area is 99.3 Å². The summed E-state index contributed by atoms with van der Waals surface area (Å²) in [7, 11) is 0. The lowest BCUT2D eigenvalue weighted by atomic mass is 9.86. The normalized spacial score (nSPS) is 15.7. The van der Waals surface area contributed by atoms with Gasteiger partial charge in [-0.1, -0.05) is 32.0 Å². The van der Waals surface area contributed by atoms with Gasteiger partial charge in [0.1, 0.15) is 0 Å². The van der Waals surface area contributed by atoms with Crippen molar-refractivity contribution >= 4 is 0 Å². The second-order valence-corrected chi connectivity index (χ2v) is 4.22. The van der Waals surface area contributed by atoms with Gasteiger partial charge in [-0.3, -0.25) is 0 Å². The molecule has 17 heavy (non-hydrogen) atoms. The van der Waals surface area contributed by atoms with Crippen molar-refractivity contribution in [1.82, 2.24) is 0 Å². The first-order valence-electron chi connectivity index (χ1n) is 5.66. The highest BCUT2D eigenvalue weighted by Crippen LogP contribution is 2.40. The Kier molecular flexibility index (Phi) is 3.87. The summed E-state index contributed by atoms with van der Waals surface area (Å²) < 4.78 is 38.5. The lowest BCUT2D eigenvalue weighted by molar-refractivity contribution is -0.259. The fourth-order valence-corrected chi connectivity index (χ4v) is 1.99. The van der Waals surface area contributed by atoms with E-state index in [0.29, 0.717) is 18.4 Å². The van der Waals surface area contributed by atoms with Crippen molar-refractivity contribution in [2.24, 2.45) is 0 Å². The number of rotatable bonds is 3. The zero-order valence-electron chi connectivity index (χ0n) is 10.2. The number of hydrogen-bond acceptors (Lipinski definition) is 1. The summed E-state index contributed by atoms with van der Waals surface area (Å²) in [6.45, 7) is 4.49. The summed E-state index contributed by atoms with van der Waals surface area (Å²) in [6.07, 6.45) is -3.53. The SMILES string of the molecule is CCc1cccc(C(C)(O)C(F)(F)F)c1CC. The molecular formula is C13H17F3O. The summed E-state index contributed by atoms with van der Waals surface area (Å²) in [5, 5.41) is 9.73. The molecule has 0 aromatic heterocycles. The van der Waals surface area contributed by atoms with Gasteiger partial charge in [-0.05, 0) is 36.5 Å². The zero-order chi connectivity index (χ0) is 13.3. The van der Waals surface area contributed by atoms with Gasteiger partial charge in [-0.2, -0.15) is 13.2 Å². The van der Waals surface area contributed by atoms with Gasteiger partial charge in [0, 0.05) is 0 Å². The van der Waals surface area contributed by atoms with E-state index >= 15 is 0 Å². The number of halogens is 3. The fraction of sp³-hybridized carbons (Fsp3) is 0.538. The number of benzene rings is 1. The third-order valence-electron chi connectivity index (χ3n) is 3.08. The van der Waals surface area contributed by atoms with Crippen LogP contribution in [0.3, 0.4) is 0 Å².